The Morgan fingerprint density at radius 2 is 1.90 bits per heavy atom. The maximum atomic E-state index is 13.1. The van der Waals surface area contributed by atoms with E-state index in [4.69, 9.17) is 0 Å². The van der Waals surface area contributed by atoms with Gasteiger partial charge in [-0.1, -0.05) is 39.5 Å². The van der Waals surface area contributed by atoms with Crippen LogP contribution in [0.5, 0.6) is 0 Å². The normalized spacial score (nSPS) is 12.5. The number of fused-ring (bicyclic) bond motifs is 1. The lowest BCUT2D eigenvalue weighted by Crippen LogP contribution is -2.42. The molecule has 210 valence electrons. The van der Waals surface area contributed by atoms with Crippen LogP contribution in [0.3, 0.4) is 0 Å². The average Bonchev–Trinajstić information content (AvgIpc) is 3.53. The number of nitrogens with zero attached hydrogens (tertiary/aromatic N) is 2. The third-order valence-electron chi connectivity index (χ3n) is 6.35. The number of rotatable bonds is 10. The molecule has 2 heterocycles. The highest BCUT2D eigenvalue weighted by Gasteiger charge is 2.24. The van der Waals surface area contributed by atoms with Gasteiger partial charge in [0.15, 0.2) is 0 Å². The molecule has 0 bridgehead atoms. The Balaban J connectivity index is 1.73. The van der Waals surface area contributed by atoms with E-state index in [0.717, 1.165) is 23.0 Å². The van der Waals surface area contributed by atoms with E-state index in [-0.39, 0.29) is 39.7 Å². The van der Waals surface area contributed by atoms with Crippen molar-refractivity contribution in [2.24, 2.45) is 5.41 Å². The molecule has 0 fully saturated rings. The Morgan fingerprint density at radius 1 is 1.12 bits per heavy atom. The third kappa shape index (κ3) is 6.61. The number of carbonyl (C=O) groups excluding carboxylic acids is 2. The van der Waals surface area contributed by atoms with Gasteiger partial charge in [0, 0.05) is 18.3 Å². The number of halogens is 2. The van der Waals surface area contributed by atoms with Crippen LogP contribution in [-0.2, 0) is 11.3 Å². The first-order valence-electron chi connectivity index (χ1n) is 12.6. The summed E-state index contributed by atoms with van der Waals surface area (Å²) in [5.41, 5.74) is 3.17. The minimum Gasteiger partial charge on any atom is -0.395 e. The maximum absolute atomic E-state index is 13.1. The van der Waals surface area contributed by atoms with Crippen LogP contribution in [0.15, 0.2) is 67.3 Å². The van der Waals surface area contributed by atoms with Crippen molar-refractivity contribution in [1.29, 1.82) is 0 Å². The number of alkyl halides is 2. The molecule has 40 heavy (non-hydrogen) atoms. The third-order valence-corrected chi connectivity index (χ3v) is 7.44. The smallest absolute Gasteiger partial charge is 0.272 e. The van der Waals surface area contributed by atoms with Crippen LogP contribution in [0.1, 0.15) is 47.3 Å². The van der Waals surface area contributed by atoms with Gasteiger partial charge in [0.05, 0.1) is 33.1 Å². The van der Waals surface area contributed by atoms with E-state index >= 15 is 0 Å². The molecule has 0 aliphatic heterocycles. The number of imidazole rings is 1. The number of aliphatic hydroxyl groups excluding tert-OH is 1. The summed E-state index contributed by atoms with van der Waals surface area (Å²) < 4.78 is 27.9. The van der Waals surface area contributed by atoms with Crippen LogP contribution in [0.25, 0.3) is 16.7 Å². The van der Waals surface area contributed by atoms with E-state index in [1.54, 1.807) is 28.8 Å². The van der Waals surface area contributed by atoms with E-state index in [1.165, 1.54) is 12.1 Å². The topological polar surface area (TPSA) is 108 Å². The van der Waals surface area contributed by atoms with E-state index in [0.29, 0.717) is 29.0 Å². The first kappa shape index (κ1) is 29.1. The maximum Gasteiger partial charge on any atom is 0.272 e. The SMILES string of the molecule is C=CC(=O)Nc1cccc(-n2c(NC(=O)c3ccc(C(F)F)s3)nc3cc(CN[C@@H](CO)C(C)(C)C)ccc32)c1. The monoisotopic (exact) mass is 567 g/mol. The second kappa shape index (κ2) is 12.1. The van der Waals surface area contributed by atoms with Gasteiger partial charge < -0.3 is 15.7 Å². The van der Waals surface area contributed by atoms with Gasteiger partial charge in [-0.2, -0.15) is 0 Å². The molecule has 0 unspecified atom stereocenters. The minimum atomic E-state index is -2.67. The summed E-state index contributed by atoms with van der Waals surface area (Å²) in [4.78, 5) is 29.5. The van der Waals surface area contributed by atoms with Crippen molar-refractivity contribution in [2.45, 2.75) is 39.8 Å². The number of hydrogen-bond acceptors (Lipinski definition) is 6. The molecule has 0 saturated carbocycles. The van der Waals surface area contributed by atoms with Gasteiger partial charge in [-0.3, -0.25) is 19.5 Å². The fraction of sp³-hybridized carbons (Fsp3) is 0.276. The fourth-order valence-electron chi connectivity index (χ4n) is 4.14. The van der Waals surface area contributed by atoms with Gasteiger partial charge in [0.25, 0.3) is 12.3 Å². The summed E-state index contributed by atoms with van der Waals surface area (Å²) in [6.45, 7) is 10.1. The largest absolute Gasteiger partial charge is 0.395 e. The van der Waals surface area contributed by atoms with E-state index in [1.807, 2.05) is 39.0 Å². The predicted octanol–water partition coefficient (Wildman–Crippen LogP) is 5.90. The molecule has 0 aliphatic rings. The molecule has 11 heteroatoms. The van der Waals surface area contributed by atoms with Crippen molar-refractivity contribution in [3.8, 4) is 5.69 Å². The molecule has 8 nitrogen and oxygen atoms in total. The van der Waals surface area contributed by atoms with Crippen LogP contribution >= 0.6 is 11.3 Å². The second-order valence-electron chi connectivity index (χ2n) is 10.3. The van der Waals surface area contributed by atoms with Crippen LogP contribution in [-0.4, -0.2) is 39.1 Å². The zero-order valence-corrected chi connectivity index (χ0v) is 23.2. The Morgan fingerprint density at radius 3 is 2.55 bits per heavy atom. The van der Waals surface area contributed by atoms with Crippen molar-refractivity contribution < 1.29 is 23.5 Å². The number of aliphatic hydroxyl groups is 1. The number of thiophene rings is 1. The summed E-state index contributed by atoms with van der Waals surface area (Å²) in [6.07, 6.45) is -1.50. The molecule has 2 aromatic carbocycles. The van der Waals surface area contributed by atoms with Gasteiger partial charge in [-0.25, -0.2) is 13.8 Å². The standard InChI is InChI=1S/C29H31F2N5O3S/c1-5-25(38)33-18-7-6-8-19(14-18)36-21-10-9-17(15-32-24(16-37)29(2,3)4)13-20(21)34-28(36)35-27(39)23-12-11-22(40-23)26(30)31/h5-14,24,26,32,37H,1,15-16H2,2-4H3,(H,33,38)(H,34,35,39)/t24-/m0/s1. The minimum absolute atomic E-state index is 0.00865. The Hall–Kier alpha value is -3.93. The number of carbonyl (C=O) groups is 2. The zero-order chi connectivity index (χ0) is 29.0. The van der Waals surface area contributed by atoms with Crippen LogP contribution in [0.4, 0.5) is 20.4 Å². The number of aromatic nitrogens is 2. The zero-order valence-electron chi connectivity index (χ0n) is 22.4. The molecular formula is C29H31F2N5O3S. The number of nitrogens with one attached hydrogen (secondary N) is 3. The van der Waals surface area contributed by atoms with Crippen molar-refractivity contribution >= 4 is 45.8 Å². The number of anilines is 2. The lowest BCUT2D eigenvalue weighted by Gasteiger charge is -2.30. The highest BCUT2D eigenvalue weighted by Crippen LogP contribution is 2.30. The summed E-state index contributed by atoms with van der Waals surface area (Å²) in [5.74, 6) is -0.753. The Bertz CT molecular complexity index is 1540. The molecule has 4 N–H and O–H groups in total. The van der Waals surface area contributed by atoms with Gasteiger partial charge in [0.2, 0.25) is 11.9 Å². The van der Waals surface area contributed by atoms with Crippen molar-refractivity contribution in [2.75, 3.05) is 17.2 Å². The summed E-state index contributed by atoms with van der Waals surface area (Å²) >= 11 is 0.720. The molecule has 2 amide bonds. The Labute approximate surface area is 234 Å². The Kier molecular flexibility index (Phi) is 8.77. The van der Waals surface area contributed by atoms with Gasteiger partial charge in [-0.05, 0) is 59.5 Å². The molecule has 0 saturated heterocycles. The van der Waals surface area contributed by atoms with E-state index < -0.39 is 12.3 Å². The first-order chi connectivity index (χ1) is 19.0. The molecule has 0 radical (unpaired) electrons. The molecular weight excluding hydrogens is 536 g/mol. The van der Waals surface area contributed by atoms with Gasteiger partial charge >= 0.3 is 0 Å². The van der Waals surface area contributed by atoms with E-state index in [2.05, 4.69) is 27.5 Å². The lowest BCUT2D eigenvalue weighted by atomic mass is 9.87. The van der Waals surface area contributed by atoms with Crippen LogP contribution in [0, 0.1) is 5.41 Å². The fourth-order valence-corrected chi connectivity index (χ4v) is 4.90. The number of amides is 2. The molecule has 4 aromatic rings. The number of hydrogen-bond donors (Lipinski definition) is 4. The van der Waals surface area contributed by atoms with Gasteiger partial charge in [-0.15, -0.1) is 11.3 Å². The molecule has 1 atom stereocenters. The highest BCUT2D eigenvalue weighted by molar-refractivity contribution is 7.14. The summed E-state index contributed by atoms with van der Waals surface area (Å²) in [6, 6.07) is 15.1. The van der Waals surface area contributed by atoms with Crippen LogP contribution < -0.4 is 16.0 Å². The highest BCUT2D eigenvalue weighted by atomic mass is 32.1. The molecule has 4 rings (SSSR count). The first-order valence-corrected chi connectivity index (χ1v) is 13.4. The molecule has 0 aliphatic carbocycles. The predicted molar refractivity (Wildman–Crippen MR) is 154 cm³/mol. The van der Waals surface area contributed by atoms with Crippen molar-refractivity contribution in [3.63, 3.8) is 0 Å². The molecule has 0 spiro atoms. The number of benzene rings is 2. The quantitative estimate of drug-likeness (QED) is 0.179. The molecule has 2 aromatic heterocycles. The van der Waals surface area contributed by atoms with E-state index in [9.17, 15) is 23.5 Å². The van der Waals surface area contributed by atoms with Crippen molar-refractivity contribution in [1.82, 2.24) is 14.9 Å². The second-order valence-corrected chi connectivity index (χ2v) is 11.4. The van der Waals surface area contributed by atoms with Crippen molar-refractivity contribution in [3.05, 3.63) is 82.6 Å². The lowest BCUT2D eigenvalue weighted by molar-refractivity contribution is -0.111. The average molecular weight is 568 g/mol. The van der Waals surface area contributed by atoms with Gasteiger partial charge in [0.1, 0.15) is 0 Å². The summed E-state index contributed by atoms with van der Waals surface area (Å²) in [5, 5.41) is 18.6. The van der Waals surface area contributed by atoms with Crippen LogP contribution in [0.2, 0.25) is 0 Å². The summed E-state index contributed by atoms with van der Waals surface area (Å²) in [7, 11) is 0.